The van der Waals surface area contributed by atoms with E-state index in [-0.39, 0.29) is 25.0 Å². The van der Waals surface area contributed by atoms with E-state index in [2.05, 4.69) is 6.92 Å². The van der Waals surface area contributed by atoms with Gasteiger partial charge in [0.2, 0.25) is 5.91 Å². The molecule has 0 bridgehead atoms. The summed E-state index contributed by atoms with van der Waals surface area (Å²) in [7, 11) is 0. The van der Waals surface area contributed by atoms with Crippen LogP contribution in [0.5, 0.6) is 5.75 Å². The molecular formula is C16H20N2O3. The molecule has 2 amide bonds. The first-order valence-corrected chi connectivity index (χ1v) is 7.45. The van der Waals surface area contributed by atoms with Gasteiger partial charge < -0.3 is 9.64 Å². The standard InChI is InChI=1S/C16H20N2O3/c1-12-5-4-8-17(9-12)15(19)10-18-13-6-2-3-7-14(13)21-11-16(18)20/h2-3,6-7,12H,4-5,8-11H2,1H3/t12-/m1/s1. The van der Waals surface area contributed by atoms with Gasteiger partial charge in [0, 0.05) is 13.1 Å². The Kier molecular flexibility index (Phi) is 3.82. The second kappa shape index (κ2) is 5.76. The van der Waals surface area contributed by atoms with Gasteiger partial charge in [-0.15, -0.1) is 0 Å². The number of hydrogen-bond acceptors (Lipinski definition) is 3. The average Bonchev–Trinajstić information content (AvgIpc) is 2.50. The molecule has 0 aliphatic carbocycles. The van der Waals surface area contributed by atoms with Crippen LogP contribution in [0, 0.1) is 5.92 Å². The maximum Gasteiger partial charge on any atom is 0.265 e. The molecule has 1 aromatic rings. The fourth-order valence-electron chi connectivity index (χ4n) is 2.98. The Morgan fingerprint density at radius 2 is 2.19 bits per heavy atom. The van der Waals surface area contributed by atoms with Crippen molar-refractivity contribution in [2.24, 2.45) is 5.92 Å². The van der Waals surface area contributed by atoms with Crippen molar-refractivity contribution in [1.82, 2.24) is 4.90 Å². The number of rotatable bonds is 2. The summed E-state index contributed by atoms with van der Waals surface area (Å²) in [5, 5.41) is 0. The molecule has 21 heavy (non-hydrogen) atoms. The Labute approximate surface area is 124 Å². The summed E-state index contributed by atoms with van der Waals surface area (Å²) >= 11 is 0. The maximum absolute atomic E-state index is 12.5. The second-order valence-corrected chi connectivity index (χ2v) is 5.82. The third kappa shape index (κ3) is 2.86. The number of anilines is 1. The molecule has 0 spiro atoms. The van der Waals surface area contributed by atoms with Gasteiger partial charge in [0.25, 0.3) is 5.91 Å². The van der Waals surface area contributed by atoms with E-state index in [1.54, 1.807) is 4.90 Å². The number of fused-ring (bicyclic) bond motifs is 1. The van der Waals surface area contributed by atoms with E-state index < -0.39 is 0 Å². The summed E-state index contributed by atoms with van der Waals surface area (Å²) in [5.74, 6) is 1.06. The lowest BCUT2D eigenvalue weighted by molar-refractivity contribution is -0.133. The fraction of sp³-hybridized carbons (Fsp3) is 0.500. The highest BCUT2D eigenvalue weighted by Crippen LogP contribution is 2.31. The van der Waals surface area contributed by atoms with E-state index in [1.807, 2.05) is 29.2 Å². The molecule has 5 nitrogen and oxygen atoms in total. The lowest BCUT2D eigenvalue weighted by Crippen LogP contribution is -2.48. The molecule has 0 radical (unpaired) electrons. The van der Waals surface area contributed by atoms with Gasteiger partial charge in [0.15, 0.2) is 6.61 Å². The highest BCUT2D eigenvalue weighted by atomic mass is 16.5. The summed E-state index contributed by atoms with van der Waals surface area (Å²) in [6.45, 7) is 3.85. The Hall–Kier alpha value is -2.04. The average molecular weight is 288 g/mol. The Morgan fingerprint density at radius 3 is 3.00 bits per heavy atom. The van der Waals surface area contributed by atoms with Crippen LogP contribution in [-0.4, -0.2) is 43.0 Å². The number of piperidine rings is 1. The second-order valence-electron chi connectivity index (χ2n) is 5.82. The predicted octanol–water partition coefficient (Wildman–Crippen LogP) is 1.67. The molecule has 112 valence electrons. The number of nitrogens with zero attached hydrogens (tertiary/aromatic N) is 2. The predicted molar refractivity (Wildman–Crippen MR) is 79.3 cm³/mol. The van der Waals surface area contributed by atoms with Crippen molar-refractivity contribution in [3.05, 3.63) is 24.3 Å². The number of hydrogen-bond donors (Lipinski definition) is 0. The first-order chi connectivity index (χ1) is 10.1. The summed E-state index contributed by atoms with van der Waals surface area (Å²) < 4.78 is 5.39. The van der Waals surface area contributed by atoms with E-state index in [1.165, 1.54) is 6.42 Å². The third-order valence-corrected chi connectivity index (χ3v) is 4.11. The first kappa shape index (κ1) is 13.9. The van der Waals surface area contributed by atoms with E-state index >= 15 is 0 Å². The largest absolute Gasteiger partial charge is 0.482 e. The molecule has 0 N–H and O–H groups in total. The number of likely N-dealkylation sites (tertiary alicyclic amines) is 1. The molecule has 0 aromatic heterocycles. The molecule has 1 atom stereocenters. The van der Waals surface area contributed by atoms with E-state index in [0.717, 1.165) is 19.5 Å². The molecule has 2 aliphatic rings. The van der Waals surface area contributed by atoms with Crippen molar-refractivity contribution < 1.29 is 14.3 Å². The van der Waals surface area contributed by atoms with Gasteiger partial charge in [-0.3, -0.25) is 14.5 Å². The minimum Gasteiger partial charge on any atom is -0.482 e. The number of ether oxygens (including phenoxy) is 1. The molecular weight excluding hydrogens is 268 g/mol. The quantitative estimate of drug-likeness (QED) is 0.832. The van der Waals surface area contributed by atoms with Crippen molar-refractivity contribution in [3.63, 3.8) is 0 Å². The van der Waals surface area contributed by atoms with E-state index in [4.69, 9.17) is 4.74 Å². The molecule has 0 unspecified atom stereocenters. The van der Waals surface area contributed by atoms with Gasteiger partial charge >= 0.3 is 0 Å². The van der Waals surface area contributed by atoms with Crippen LogP contribution in [0.3, 0.4) is 0 Å². The zero-order chi connectivity index (χ0) is 14.8. The summed E-state index contributed by atoms with van der Waals surface area (Å²) in [6.07, 6.45) is 2.21. The van der Waals surface area contributed by atoms with E-state index in [0.29, 0.717) is 17.4 Å². The number of benzene rings is 1. The zero-order valence-electron chi connectivity index (χ0n) is 12.2. The van der Waals surface area contributed by atoms with Crippen LogP contribution in [0.25, 0.3) is 0 Å². The van der Waals surface area contributed by atoms with Gasteiger partial charge in [-0.1, -0.05) is 19.1 Å². The molecule has 2 aliphatic heterocycles. The lowest BCUT2D eigenvalue weighted by Gasteiger charge is -2.34. The van der Waals surface area contributed by atoms with Crippen LogP contribution in [-0.2, 0) is 9.59 Å². The Morgan fingerprint density at radius 1 is 1.38 bits per heavy atom. The number of carbonyl (C=O) groups excluding carboxylic acids is 2. The highest BCUT2D eigenvalue weighted by molar-refractivity contribution is 6.02. The topological polar surface area (TPSA) is 49.9 Å². The van der Waals surface area contributed by atoms with Crippen molar-refractivity contribution in [2.75, 3.05) is 31.1 Å². The van der Waals surface area contributed by atoms with Crippen molar-refractivity contribution in [2.45, 2.75) is 19.8 Å². The molecule has 2 heterocycles. The molecule has 5 heteroatoms. The molecule has 3 rings (SSSR count). The van der Waals surface area contributed by atoms with Gasteiger partial charge in [-0.05, 0) is 30.9 Å². The van der Waals surface area contributed by atoms with Crippen LogP contribution in [0.1, 0.15) is 19.8 Å². The molecule has 1 saturated heterocycles. The third-order valence-electron chi connectivity index (χ3n) is 4.11. The number of carbonyl (C=O) groups is 2. The number of para-hydroxylation sites is 2. The van der Waals surface area contributed by atoms with Gasteiger partial charge in [-0.25, -0.2) is 0 Å². The Balaban J connectivity index is 1.74. The van der Waals surface area contributed by atoms with Crippen LogP contribution in [0.15, 0.2) is 24.3 Å². The minimum atomic E-state index is -0.160. The van der Waals surface area contributed by atoms with Gasteiger partial charge in [0.1, 0.15) is 12.3 Å². The van der Waals surface area contributed by atoms with E-state index in [9.17, 15) is 9.59 Å². The van der Waals surface area contributed by atoms with Crippen LogP contribution < -0.4 is 9.64 Å². The zero-order valence-corrected chi connectivity index (χ0v) is 12.2. The van der Waals surface area contributed by atoms with Crippen molar-refractivity contribution >= 4 is 17.5 Å². The Bertz CT molecular complexity index is 558. The molecule has 1 fully saturated rings. The normalized spacial score (nSPS) is 21.8. The smallest absolute Gasteiger partial charge is 0.265 e. The summed E-state index contributed by atoms with van der Waals surface area (Å²) in [4.78, 5) is 27.9. The van der Waals surface area contributed by atoms with Gasteiger partial charge in [0.05, 0.1) is 5.69 Å². The van der Waals surface area contributed by atoms with Gasteiger partial charge in [-0.2, -0.15) is 0 Å². The summed E-state index contributed by atoms with van der Waals surface area (Å²) in [6, 6.07) is 7.35. The van der Waals surface area contributed by atoms with Crippen molar-refractivity contribution in [3.8, 4) is 5.75 Å². The maximum atomic E-state index is 12.5. The summed E-state index contributed by atoms with van der Waals surface area (Å²) in [5.41, 5.74) is 0.687. The SMILES string of the molecule is C[C@@H]1CCCN(C(=O)CN2C(=O)COc3ccccc32)C1. The highest BCUT2D eigenvalue weighted by Gasteiger charge is 2.29. The number of amides is 2. The molecule has 1 aromatic carbocycles. The lowest BCUT2D eigenvalue weighted by atomic mass is 10.0. The fourth-order valence-corrected chi connectivity index (χ4v) is 2.98. The minimum absolute atomic E-state index is 0.000691. The van der Waals surface area contributed by atoms with Crippen LogP contribution in [0.2, 0.25) is 0 Å². The van der Waals surface area contributed by atoms with Crippen molar-refractivity contribution in [1.29, 1.82) is 0 Å². The van der Waals surface area contributed by atoms with Crippen LogP contribution >= 0.6 is 0 Å². The monoisotopic (exact) mass is 288 g/mol. The molecule has 0 saturated carbocycles. The first-order valence-electron chi connectivity index (χ1n) is 7.45. The van der Waals surface area contributed by atoms with Crippen LogP contribution in [0.4, 0.5) is 5.69 Å².